The lowest BCUT2D eigenvalue weighted by atomic mass is 9.69. The summed E-state index contributed by atoms with van der Waals surface area (Å²) in [6, 6.07) is 0. The minimum absolute atomic E-state index is 0.767. The lowest BCUT2D eigenvalue weighted by molar-refractivity contribution is 0.515. The molecule has 0 saturated carbocycles. The van der Waals surface area contributed by atoms with Crippen molar-refractivity contribution in [2.75, 3.05) is 0 Å². The minimum Gasteiger partial charge on any atom is -0.0837 e. The van der Waals surface area contributed by atoms with Crippen LogP contribution in [0.25, 0.3) is 0 Å². The molecule has 0 bridgehead atoms. The minimum atomic E-state index is 0.767. The Bertz CT molecular complexity index is 468. The molecule has 0 aliphatic heterocycles. The van der Waals surface area contributed by atoms with Crippen molar-refractivity contribution < 1.29 is 0 Å². The van der Waals surface area contributed by atoms with Crippen molar-refractivity contribution in [2.45, 2.75) is 46.5 Å². The summed E-state index contributed by atoms with van der Waals surface area (Å²) in [4.78, 5) is 0. The molecule has 17 heavy (non-hydrogen) atoms. The molecule has 0 saturated heterocycles. The van der Waals surface area contributed by atoms with Gasteiger partial charge in [-0.05, 0) is 56.9 Å². The van der Waals surface area contributed by atoms with Crippen LogP contribution < -0.4 is 0 Å². The van der Waals surface area contributed by atoms with E-state index in [9.17, 15) is 0 Å². The Morgan fingerprint density at radius 3 is 2.76 bits per heavy atom. The number of hydrogen-bond donors (Lipinski definition) is 0. The molecule has 1 unspecified atom stereocenters. The quantitative estimate of drug-likeness (QED) is 0.548. The zero-order valence-electron chi connectivity index (χ0n) is 11.2. The van der Waals surface area contributed by atoms with Gasteiger partial charge < -0.3 is 0 Å². The second-order valence-electron chi connectivity index (χ2n) is 6.07. The Labute approximate surface area is 105 Å². The summed E-state index contributed by atoms with van der Waals surface area (Å²) in [5, 5.41) is 0. The molecular formula is C17H22. The normalized spacial score (nSPS) is 32.3. The van der Waals surface area contributed by atoms with E-state index in [1.807, 2.05) is 0 Å². The summed E-state index contributed by atoms with van der Waals surface area (Å²) in [5.74, 6) is 1.57. The van der Waals surface area contributed by atoms with Crippen LogP contribution in [0.15, 0.2) is 46.1 Å². The van der Waals surface area contributed by atoms with Crippen LogP contribution in [0.5, 0.6) is 0 Å². The number of fused-ring (bicyclic) bond motifs is 1. The van der Waals surface area contributed by atoms with Gasteiger partial charge >= 0.3 is 0 Å². The summed E-state index contributed by atoms with van der Waals surface area (Å²) in [5.41, 5.74) is 8.22. The van der Waals surface area contributed by atoms with E-state index in [-0.39, 0.29) is 0 Å². The van der Waals surface area contributed by atoms with Crippen LogP contribution in [0, 0.1) is 11.8 Å². The van der Waals surface area contributed by atoms with Crippen LogP contribution in [0.2, 0.25) is 0 Å². The van der Waals surface area contributed by atoms with E-state index < -0.39 is 0 Å². The Hall–Kier alpha value is -1.04. The van der Waals surface area contributed by atoms with Gasteiger partial charge in [-0.1, -0.05) is 47.4 Å². The fourth-order valence-electron chi connectivity index (χ4n) is 3.77. The van der Waals surface area contributed by atoms with Gasteiger partial charge in [-0.2, -0.15) is 0 Å². The number of rotatable bonds is 0. The van der Waals surface area contributed by atoms with Gasteiger partial charge in [0, 0.05) is 0 Å². The zero-order valence-corrected chi connectivity index (χ0v) is 11.2. The molecular weight excluding hydrogens is 204 g/mol. The molecule has 3 aliphatic carbocycles. The largest absolute Gasteiger partial charge is 0.0837 e. The Morgan fingerprint density at radius 2 is 1.94 bits per heavy atom. The molecule has 2 atom stereocenters. The predicted octanol–water partition coefficient (Wildman–Crippen LogP) is 4.96. The first kappa shape index (κ1) is 11.1. The van der Waals surface area contributed by atoms with Gasteiger partial charge in [-0.15, -0.1) is 0 Å². The van der Waals surface area contributed by atoms with Gasteiger partial charge in [-0.3, -0.25) is 0 Å². The van der Waals surface area contributed by atoms with Crippen molar-refractivity contribution in [1.29, 1.82) is 0 Å². The maximum atomic E-state index is 2.40. The summed E-state index contributed by atoms with van der Waals surface area (Å²) < 4.78 is 0. The SMILES string of the molecule is CC1=CC(C)=C2CC3=C(C=CCC3C)C[C@H]2C1. The molecule has 0 heteroatoms. The van der Waals surface area contributed by atoms with Crippen molar-refractivity contribution in [1.82, 2.24) is 0 Å². The summed E-state index contributed by atoms with van der Waals surface area (Å²) in [6.45, 7) is 6.97. The zero-order chi connectivity index (χ0) is 12.0. The molecule has 0 fully saturated rings. The molecule has 0 nitrogen and oxygen atoms in total. The van der Waals surface area contributed by atoms with E-state index >= 15 is 0 Å². The van der Waals surface area contributed by atoms with Crippen LogP contribution in [0.1, 0.15) is 46.5 Å². The molecule has 0 aromatic rings. The average Bonchev–Trinajstić information content (AvgIpc) is 2.27. The van der Waals surface area contributed by atoms with Crippen molar-refractivity contribution in [3.05, 3.63) is 46.1 Å². The third-order valence-corrected chi connectivity index (χ3v) is 4.69. The van der Waals surface area contributed by atoms with Gasteiger partial charge in [0.2, 0.25) is 0 Å². The highest BCUT2D eigenvalue weighted by molar-refractivity contribution is 5.45. The van der Waals surface area contributed by atoms with Crippen molar-refractivity contribution in [3.8, 4) is 0 Å². The fourth-order valence-corrected chi connectivity index (χ4v) is 3.77. The maximum Gasteiger partial charge on any atom is -0.00911 e. The topological polar surface area (TPSA) is 0 Å². The van der Waals surface area contributed by atoms with E-state index in [0.717, 1.165) is 11.8 Å². The first-order valence-corrected chi connectivity index (χ1v) is 6.90. The van der Waals surface area contributed by atoms with Crippen LogP contribution in [-0.2, 0) is 0 Å². The molecule has 0 aromatic heterocycles. The highest BCUT2D eigenvalue weighted by Crippen LogP contribution is 2.45. The van der Waals surface area contributed by atoms with Gasteiger partial charge in [0.25, 0.3) is 0 Å². The highest BCUT2D eigenvalue weighted by atomic mass is 14.3. The molecule has 0 heterocycles. The maximum absolute atomic E-state index is 2.40. The second kappa shape index (κ2) is 4.01. The molecule has 90 valence electrons. The second-order valence-corrected chi connectivity index (χ2v) is 6.07. The van der Waals surface area contributed by atoms with Crippen LogP contribution in [0.4, 0.5) is 0 Å². The van der Waals surface area contributed by atoms with Gasteiger partial charge in [0.1, 0.15) is 0 Å². The summed E-state index contributed by atoms with van der Waals surface area (Å²) >= 11 is 0. The van der Waals surface area contributed by atoms with Crippen LogP contribution in [-0.4, -0.2) is 0 Å². The molecule has 3 rings (SSSR count). The summed E-state index contributed by atoms with van der Waals surface area (Å²) in [6.07, 6.45) is 12.2. The average molecular weight is 226 g/mol. The van der Waals surface area contributed by atoms with E-state index in [1.54, 1.807) is 27.9 Å². The Morgan fingerprint density at radius 1 is 1.12 bits per heavy atom. The number of allylic oxidation sites excluding steroid dienone is 8. The van der Waals surface area contributed by atoms with E-state index in [4.69, 9.17) is 0 Å². The van der Waals surface area contributed by atoms with E-state index in [0.29, 0.717) is 0 Å². The van der Waals surface area contributed by atoms with Gasteiger partial charge in [0.05, 0.1) is 0 Å². The fraction of sp³-hybridized carbons (Fsp3) is 0.529. The number of hydrogen-bond acceptors (Lipinski definition) is 0. The van der Waals surface area contributed by atoms with Crippen LogP contribution in [0.3, 0.4) is 0 Å². The highest BCUT2D eigenvalue weighted by Gasteiger charge is 2.30. The first-order valence-electron chi connectivity index (χ1n) is 6.90. The predicted molar refractivity (Wildman–Crippen MR) is 73.7 cm³/mol. The third-order valence-electron chi connectivity index (χ3n) is 4.69. The Balaban J connectivity index is 2.00. The van der Waals surface area contributed by atoms with Crippen molar-refractivity contribution in [3.63, 3.8) is 0 Å². The summed E-state index contributed by atoms with van der Waals surface area (Å²) in [7, 11) is 0. The monoisotopic (exact) mass is 226 g/mol. The first-order chi connectivity index (χ1) is 8.15. The third kappa shape index (κ3) is 1.84. The molecule has 0 radical (unpaired) electrons. The smallest absolute Gasteiger partial charge is 0.00911 e. The van der Waals surface area contributed by atoms with Gasteiger partial charge in [0.15, 0.2) is 0 Å². The van der Waals surface area contributed by atoms with Crippen molar-refractivity contribution >= 4 is 0 Å². The van der Waals surface area contributed by atoms with E-state index in [2.05, 4.69) is 39.0 Å². The van der Waals surface area contributed by atoms with Crippen molar-refractivity contribution in [2.24, 2.45) is 11.8 Å². The lowest BCUT2D eigenvalue weighted by Gasteiger charge is -2.36. The van der Waals surface area contributed by atoms with Crippen LogP contribution >= 0.6 is 0 Å². The molecule has 0 spiro atoms. The lowest BCUT2D eigenvalue weighted by Crippen LogP contribution is -2.21. The standard InChI is InChI=1S/C17H22/c1-11-7-13(3)17-10-16-12(2)5-4-6-14(16)9-15(17)8-11/h4,6-7,12,15H,5,8-10H2,1-3H3/t12?,15-/m1/s1. The van der Waals surface area contributed by atoms with Gasteiger partial charge in [-0.25, -0.2) is 0 Å². The molecule has 0 N–H and O–H groups in total. The molecule has 3 aliphatic rings. The molecule has 0 aromatic carbocycles. The Kier molecular flexibility index (Phi) is 2.61. The van der Waals surface area contributed by atoms with E-state index in [1.165, 1.54) is 25.7 Å². The molecule has 0 amide bonds.